The fourth-order valence-corrected chi connectivity index (χ4v) is 2.77. The van der Waals surface area contributed by atoms with Crippen LogP contribution in [0.25, 0.3) is 0 Å². The summed E-state index contributed by atoms with van der Waals surface area (Å²) in [6, 6.07) is 6.57. The average molecular weight is 272 g/mol. The van der Waals surface area contributed by atoms with Gasteiger partial charge >= 0.3 is 6.36 Å². The minimum absolute atomic E-state index is 0.177. The van der Waals surface area contributed by atoms with Crippen LogP contribution in [0.4, 0.5) is 13.2 Å². The second-order valence-electron chi connectivity index (χ2n) is 5.08. The second kappa shape index (κ2) is 4.68. The first-order valence-corrected chi connectivity index (χ1v) is 6.32. The predicted molar refractivity (Wildman–Crippen MR) is 63.6 cm³/mol. The van der Waals surface area contributed by atoms with Gasteiger partial charge in [0, 0.05) is 12.6 Å². The van der Waals surface area contributed by atoms with Crippen LogP contribution in [0, 0.1) is 11.8 Å². The number of ether oxygens (including phenoxy) is 1. The third kappa shape index (κ3) is 3.01. The molecule has 1 unspecified atom stereocenters. The Morgan fingerprint density at radius 3 is 2.37 bits per heavy atom. The van der Waals surface area contributed by atoms with Crippen LogP contribution in [0.3, 0.4) is 0 Å². The number of hydrogen-bond donors (Lipinski definition) is 2. The zero-order valence-electron chi connectivity index (χ0n) is 10.2. The average Bonchev–Trinajstić information content (AvgIpc) is 2.78. The molecule has 1 aromatic carbocycles. The van der Waals surface area contributed by atoms with E-state index < -0.39 is 6.36 Å². The molecule has 0 radical (unpaired) electrons. The Kier molecular flexibility index (Phi) is 3.14. The van der Waals surface area contributed by atoms with Crippen LogP contribution in [0.15, 0.2) is 24.3 Å². The molecule has 104 valence electrons. The molecule has 0 aromatic heterocycles. The molecule has 6 heteroatoms. The van der Waals surface area contributed by atoms with Crippen molar-refractivity contribution < 1.29 is 17.9 Å². The molecule has 1 saturated heterocycles. The number of rotatable bonds is 4. The predicted octanol–water partition coefficient (Wildman–Crippen LogP) is 1.89. The van der Waals surface area contributed by atoms with E-state index in [2.05, 4.69) is 15.4 Å². The van der Waals surface area contributed by atoms with Gasteiger partial charge in [0.1, 0.15) is 5.75 Å². The maximum absolute atomic E-state index is 12.0. The van der Waals surface area contributed by atoms with Gasteiger partial charge in [-0.05, 0) is 42.6 Å². The number of halogens is 3. The van der Waals surface area contributed by atoms with Crippen molar-refractivity contribution in [3.8, 4) is 5.75 Å². The molecule has 1 aromatic rings. The quantitative estimate of drug-likeness (QED) is 0.878. The molecule has 1 saturated carbocycles. The Morgan fingerprint density at radius 1 is 1.16 bits per heavy atom. The molecular weight excluding hydrogens is 257 g/mol. The van der Waals surface area contributed by atoms with Crippen molar-refractivity contribution in [3.63, 3.8) is 0 Å². The zero-order valence-corrected chi connectivity index (χ0v) is 10.2. The Labute approximate surface area is 109 Å². The number of alkyl halides is 3. The first-order chi connectivity index (χ1) is 9.03. The lowest BCUT2D eigenvalue weighted by Gasteiger charge is -2.10. The summed E-state index contributed by atoms with van der Waals surface area (Å²) >= 11 is 0. The van der Waals surface area contributed by atoms with Gasteiger partial charge in [0.15, 0.2) is 0 Å². The van der Waals surface area contributed by atoms with Crippen molar-refractivity contribution in [1.82, 2.24) is 10.6 Å². The van der Waals surface area contributed by atoms with Crippen molar-refractivity contribution in [3.05, 3.63) is 29.8 Å². The highest BCUT2D eigenvalue weighted by Gasteiger charge is 2.52. The van der Waals surface area contributed by atoms with E-state index in [1.807, 2.05) is 0 Å². The van der Waals surface area contributed by atoms with Gasteiger partial charge in [-0.15, -0.1) is 13.2 Å². The summed E-state index contributed by atoms with van der Waals surface area (Å²) in [6.07, 6.45) is -4.63. The molecule has 1 heterocycles. The van der Waals surface area contributed by atoms with E-state index in [0.717, 1.165) is 30.5 Å². The van der Waals surface area contributed by atoms with E-state index in [1.165, 1.54) is 12.1 Å². The van der Waals surface area contributed by atoms with Gasteiger partial charge in [0.2, 0.25) is 0 Å². The molecule has 19 heavy (non-hydrogen) atoms. The third-order valence-corrected chi connectivity index (χ3v) is 3.79. The highest BCUT2D eigenvalue weighted by molar-refractivity contribution is 5.27. The molecule has 3 atom stereocenters. The molecular formula is C13H15F3N2O. The topological polar surface area (TPSA) is 33.3 Å². The number of fused-ring (bicyclic) bond motifs is 1. The minimum atomic E-state index is -4.63. The van der Waals surface area contributed by atoms with Crippen LogP contribution in [0.1, 0.15) is 5.56 Å². The van der Waals surface area contributed by atoms with Crippen LogP contribution in [-0.4, -0.2) is 25.5 Å². The van der Waals surface area contributed by atoms with E-state index >= 15 is 0 Å². The van der Waals surface area contributed by atoms with Gasteiger partial charge in [-0.2, -0.15) is 0 Å². The molecule has 2 N–H and O–H groups in total. The van der Waals surface area contributed by atoms with Crippen LogP contribution < -0.4 is 15.4 Å². The van der Waals surface area contributed by atoms with Crippen molar-refractivity contribution in [2.24, 2.45) is 11.8 Å². The van der Waals surface area contributed by atoms with Crippen LogP contribution in [0.2, 0.25) is 0 Å². The van der Waals surface area contributed by atoms with E-state index in [4.69, 9.17) is 0 Å². The van der Waals surface area contributed by atoms with Crippen molar-refractivity contribution in [2.45, 2.75) is 18.9 Å². The van der Waals surface area contributed by atoms with Gasteiger partial charge in [-0.25, -0.2) is 0 Å². The summed E-state index contributed by atoms with van der Waals surface area (Å²) in [6.45, 7) is 2.82. The van der Waals surface area contributed by atoms with Crippen molar-refractivity contribution in [2.75, 3.05) is 13.1 Å². The lowest BCUT2D eigenvalue weighted by atomic mass is 10.2. The molecule has 0 amide bonds. The first-order valence-electron chi connectivity index (χ1n) is 6.32. The lowest BCUT2D eigenvalue weighted by molar-refractivity contribution is -0.274. The lowest BCUT2D eigenvalue weighted by Crippen LogP contribution is -2.27. The molecule has 1 aliphatic heterocycles. The van der Waals surface area contributed by atoms with Gasteiger partial charge in [-0.3, -0.25) is 0 Å². The van der Waals surface area contributed by atoms with Crippen molar-refractivity contribution in [1.29, 1.82) is 0 Å². The summed E-state index contributed by atoms with van der Waals surface area (Å²) < 4.78 is 39.8. The highest BCUT2D eigenvalue weighted by atomic mass is 19.4. The number of piperidine rings is 1. The maximum atomic E-state index is 12.0. The Hall–Kier alpha value is -1.27. The summed E-state index contributed by atoms with van der Waals surface area (Å²) in [7, 11) is 0. The second-order valence-corrected chi connectivity index (χ2v) is 5.08. The molecule has 3 rings (SSSR count). The van der Waals surface area contributed by atoms with E-state index in [-0.39, 0.29) is 5.75 Å². The van der Waals surface area contributed by atoms with Crippen LogP contribution in [-0.2, 0) is 6.54 Å². The van der Waals surface area contributed by atoms with Gasteiger partial charge < -0.3 is 15.4 Å². The van der Waals surface area contributed by atoms with Crippen LogP contribution >= 0.6 is 0 Å². The summed E-state index contributed by atoms with van der Waals surface area (Å²) in [5.74, 6) is 1.28. The molecule has 1 aliphatic carbocycles. The molecule has 3 nitrogen and oxygen atoms in total. The summed E-state index contributed by atoms with van der Waals surface area (Å²) in [5.41, 5.74) is 0.965. The van der Waals surface area contributed by atoms with E-state index in [1.54, 1.807) is 12.1 Å². The Morgan fingerprint density at radius 2 is 1.79 bits per heavy atom. The highest BCUT2D eigenvalue weighted by Crippen LogP contribution is 2.41. The zero-order chi connectivity index (χ0) is 13.5. The minimum Gasteiger partial charge on any atom is -0.406 e. The molecule has 2 aliphatic rings. The molecule has 2 fully saturated rings. The standard InChI is InChI=1S/C13H15F3N2O/c14-13(15,16)19-9-3-1-8(2-4-9)5-18-12-10-6-17-7-11(10)12/h1-4,10-12,17-18H,5-7H2/t10-,11+,12?. The van der Waals surface area contributed by atoms with Gasteiger partial charge in [0.05, 0.1) is 0 Å². The number of hydrogen-bond acceptors (Lipinski definition) is 3. The number of benzene rings is 1. The smallest absolute Gasteiger partial charge is 0.406 e. The molecule has 0 bridgehead atoms. The van der Waals surface area contributed by atoms with Crippen molar-refractivity contribution >= 4 is 0 Å². The van der Waals surface area contributed by atoms with Gasteiger partial charge in [-0.1, -0.05) is 12.1 Å². The summed E-state index contributed by atoms with van der Waals surface area (Å²) in [4.78, 5) is 0. The third-order valence-electron chi connectivity index (χ3n) is 3.79. The van der Waals surface area contributed by atoms with Crippen LogP contribution in [0.5, 0.6) is 5.75 Å². The SMILES string of the molecule is FC(F)(F)Oc1ccc(CNC2[C@H]3CNC[C@@H]23)cc1. The fraction of sp³-hybridized carbons (Fsp3) is 0.538. The monoisotopic (exact) mass is 272 g/mol. The first kappa shape index (κ1) is 12.7. The van der Waals surface area contributed by atoms with E-state index in [9.17, 15) is 13.2 Å². The number of nitrogens with one attached hydrogen (secondary N) is 2. The fourth-order valence-electron chi connectivity index (χ4n) is 2.77. The largest absolute Gasteiger partial charge is 0.573 e. The maximum Gasteiger partial charge on any atom is 0.573 e. The summed E-state index contributed by atoms with van der Waals surface area (Å²) in [5, 5.41) is 6.76. The normalized spacial score (nSPS) is 29.1. The Bertz CT molecular complexity index is 436. The Balaban J connectivity index is 1.49. The van der Waals surface area contributed by atoms with Gasteiger partial charge in [0.25, 0.3) is 0 Å². The van der Waals surface area contributed by atoms with E-state index in [0.29, 0.717) is 12.6 Å². The molecule has 0 spiro atoms.